The summed E-state index contributed by atoms with van der Waals surface area (Å²) < 4.78 is 19.8. The van der Waals surface area contributed by atoms with Crippen LogP contribution >= 0.6 is 23.2 Å². The number of benzene rings is 2. The van der Waals surface area contributed by atoms with Crippen LogP contribution in [0.15, 0.2) is 42.5 Å². The fraction of sp³-hybridized carbons (Fsp3) is 0.350. The van der Waals surface area contributed by atoms with Gasteiger partial charge >= 0.3 is 0 Å². The van der Waals surface area contributed by atoms with E-state index in [9.17, 15) is 9.18 Å². The molecule has 0 aliphatic carbocycles. The molecule has 0 saturated carbocycles. The molecule has 138 valence electrons. The number of ether oxygens (including phenoxy) is 1. The number of carbonyl (C=O) groups is 1. The fourth-order valence-electron chi connectivity index (χ4n) is 3.16. The summed E-state index contributed by atoms with van der Waals surface area (Å²) in [5.74, 6) is -0.379. The van der Waals surface area contributed by atoms with Crippen LogP contribution in [0.2, 0.25) is 10.0 Å². The van der Waals surface area contributed by atoms with E-state index in [0.29, 0.717) is 35.3 Å². The second kappa shape index (κ2) is 7.55. The van der Waals surface area contributed by atoms with Gasteiger partial charge in [0, 0.05) is 12.1 Å². The van der Waals surface area contributed by atoms with E-state index in [4.69, 9.17) is 27.9 Å². The molecule has 1 fully saturated rings. The van der Waals surface area contributed by atoms with Gasteiger partial charge in [0.2, 0.25) is 5.91 Å². The molecule has 0 aromatic heterocycles. The lowest BCUT2D eigenvalue weighted by Gasteiger charge is -2.38. The zero-order valence-electron chi connectivity index (χ0n) is 14.6. The molecule has 0 N–H and O–H groups in total. The molecule has 26 heavy (non-hydrogen) atoms. The van der Waals surface area contributed by atoms with Crippen molar-refractivity contribution in [3.63, 3.8) is 0 Å². The third-order valence-electron chi connectivity index (χ3n) is 4.78. The highest BCUT2D eigenvalue weighted by Crippen LogP contribution is 2.33. The van der Waals surface area contributed by atoms with E-state index in [1.165, 1.54) is 6.07 Å². The Morgan fingerprint density at radius 3 is 2.62 bits per heavy atom. The first kappa shape index (κ1) is 19.2. The van der Waals surface area contributed by atoms with Gasteiger partial charge in [-0.25, -0.2) is 4.39 Å². The summed E-state index contributed by atoms with van der Waals surface area (Å²) in [4.78, 5) is 14.9. The Labute approximate surface area is 162 Å². The molecule has 1 unspecified atom stereocenters. The van der Waals surface area contributed by atoms with Gasteiger partial charge in [0.05, 0.1) is 28.6 Å². The Morgan fingerprint density at radius 1 is 1.19 bits per heavy atom. The largest absolute Gasteiger partial charge is 0.370 e. The summed E-state index contributed by atoms with van der Waals surface area (Å²) in [7, 11) is 0. The third-order valence-corrected chi connectivity index (χ3v) is 5.52. The molecule has 1 amide bonds. The molecule has 1 heterocycles. The number of amides is 1. The lowest BCUT2D eigenvalue weighted by atomic mass is 9.83. The number of rotatable bonds is 3. The lowest BCUT2D eigenvalue weighted by Crippen LogP contribution is -2.49. The molecule has 1 aliphatic heterocycles. The Morgan fingerprint density at radius 2 is 1.92 bits per heavy atom. The highest BCUT2D eigenvalue weighted by atomic mass is 35.5. The van der Waals surface area contributed by atoms with Crippen molar-refractivity contribution in [1.29, 1.82) is 0 Å². The first-order valence-corrected chi connectivity index (χ1v) is 9.17. The molecular formula is C20H20Cl2FNO2. The van der Waals surface area contributed by atoms with E-state index in [-0.39, 0.29) is 11.7 Å². The van der Waals surface area contributed by atoms with E-state index in [1.807, 2.05) is 13.8 Å². The maximum Gasteiger partial charge on any atom is 0.232 e. The van der Waals surface area contributed by atoms with Crippen molar-refractivity contribution >= 4 is 29.1 Å². The summed E-state index contributed by atoms with van der Waals surface area (Å²) >= 11 is 12.1. The van der Waals surface area contributed by atoms with Gasteiger partial charge in [-0.3, -0.25) is 4.79 Å². The van der Waals surface area contributed by atoms with E-state index < -0.39 is 11.5 Å². The maximum atomic E-state index is 14.1. The van der Waals surface area contributed by atoms with Crippen LogP contribution in [0.5, 0.6) is 0 Å². The second-order valence-corrected chi connectivity index (χ2v) is 7.70. The van der Waals surface area contributed by atoms with Crippen molar-refractivity contribution in [1.82, 2.24) is 4.90 Å². The highest BCUT2D eigenvalue weighted by molar-refractivity contribution is 6.42. The predicted molar refractivity (Wildman–Crippen MR) is 101 cm³/mol. The van der Waals surface area contributed by atoms with E-state index in [1.54, 1.807) is 41.3 Å². The first-order chi connectivity index (χ1) is 12.3. The van der Waals surface area contributed by atoms with Crippen LogP contribution in [0.3, 0.4) is 0 Å². The van der Waals surface area contributed by atoms with Crippen LogP contribution in [-0.4, -0.2) is 30.5 Å². The molecule has 1 saturated heterocycles. The lowest BCUT2D eigenvalue weighted by molar-refractivity contribution is -0.144. The minimum atomic E-state index is -0.786. The monoisotopic (exact) mass is 395 g/mol. The normalized spacial score (nSPS) is 18.0. The van der Waals surface area contributed by atoms with E-state index in [0.717, 1.165) is 5.56 Å². The summed E-state index contributed by atoms with van der Waals surface area (Å²) in [6.45, 7) is 4.84. The Bertz CT molecular complexity index is 825. The van der Waals surface area contributed by atoms with Crippen molar-refractivity contribution in [2.24, 2.45) is 0 Å². The average Bonchev–Trinajstić information content (AvgIpc) is 2.63. The van der Waals surface area contributed by atoms with E-state index in [2.05, 4.69) is 0 Å². The number of carbonyl (C=O) groups excluding carboxylic acids is 1. The average molecular weight is 396 g/mol. The van der Waals surface area contributed by atoms with Crippen LogP contribution in [0.25, 0.3) is 0 Å². The summed E-state index contributed by atoms with van der Waals surface area (Å²) in [6, 6.07) is 11.7. The second-order valence-electron chi connectivity index (χ2n) is 6.89. The molecule has 0 spiro atoms. The van der Waals surface area contributed by atoms with Gasteiger partial charge < -0.3 is 9.64 Å². The molecule has 2 aromatic rings. The van der Waals surface area contributed by atoms with Crippen molar-refractivity contribution in [2.45, 2.75) is 25.4 Å². The first-order valence-electron chi connectivity index (χ1n) is 8.41. The molecule has 2 aromatic carbocycles. The van der Waals surface area contributed by atoms with Gasteiger partial charge in [-0.1, -0.05) is 47.5 Å². The quantitative estimate of drug-likeness (QED) is 0.730. The van der Waals surface area contributed by atoms with Gasteiger partial charge in [0.15, 0.2) is 0 Å². The zero-order chi connectivity index (χ0) is 18.9. The molecule has 1 atom stereocenters. The minimum Gasteiger partial charge on any atom is -0.370 e. The molecule has 0 radical (unpaired) electrons. The van der Waals surface area contributed by atoms with Crippen LogP contribution in [0.4, 0.5) is 4.39 Å². The summed E-state index contributed by atoms with van der Waals surface area (Å²) in [5, 5.41) is 0.862. The van der Waals surface area contributed by atoms with Gasteiger partial charge in [0.25, 0.3) is 0 Å². The SMILES string of the molecule is CC(C)(C(=O)N1CCOC(c2ccccc2F)C1)c1ccc(Cl)c(Cl)c1. The molecular weight excluding hydrogens is 376 g/mol. The number of halogens is 3. The Kier molecular flexibility index (Phi) is 5.56. The van der Waals surface area contributed by atoms with Gasteiger partial charge in [0.1, 0.15) is 11.9 Å². The van der Waals surface area contributed by atoms with Crippen molar-refractivity contribution in [3.05, 3.63) is 69.5 Å². The number of hydrogen-bond donors (Lipinski definition) is 0. The zero-order valence-corrected chi connectivity index (χ0v) is 16.1. The topological polar surface area (TPSA) is 29.5 Å². The third kappa shape index (κ3) is 3.73. The van der Waals surface area contributed by atoms with Crippen molar-refractivity contribution < 1.29 is 13.9 Å². The summed E-state index contributed by atoms with van der Waals surface area (Å²) in [6.07, 6.45) is -0.474. The van der Waals surface area contributed by atoms with E-state index >= 15 is 0 Å². The van der Waals surface area contributed by atoms with Crippen LogP contribution < -0.4 is 0 Å². The van der Waals surface area contributed by atoms with Crippen molar-refractivity contribution in [3.8, 4) is 0 Å². The fourth-order valence-corrected chi connectivity index (χ4v) is 3.46. The van der Waals surface area contributed by atoms with Crippen molar-refractivity contribution in [2.75, 3.05) is 19.7 Å². The van der Waals surface area contributed by atoms with Gasteiger partial charge in [-0.05, 0) is 37.6 Å². The summed E-state index contributed by atoms with van der Waals surface area (Å²) in [5.41, 5.74) is 0.467. The highest BCUT2D eigenvalue weighted by Gasteiger charge is 2.37. The minimum absolute atomic E-state index is 0.0551. The molecule has 3 nitrogen and oxygen atoms in total. The molecule has 1 aliphatic rings. The standard InChI is InChI=1S/C20H20Cl2FNO2/c1-20(2,13-7-8-15(21)16(22)11-13)19(25)24-9-10-26-18(12-24)14-5-3-4-6-17(14)23/h3-8,11,18H,9-10,12H2,1-2H3. The Hall–Kier alpha value is -1.62. The van der Waals surface area contributed by atoms with Crippen LogP contribution in [0, 0.1) is 5.82 Å². The predicted octanol–water partition coefficient (Wildman–Crippen LogP) is 5.01. The smallest absolute Gasteiger partial charge is 0.232 e. The maximum absolute atomic E-state index is 14.1. The number of nitrogens with zero attached hydrogens (tertiary/aromatic N) is 1. The number of morpholine rings is 1. The molecule has 6 heteroatoms. The number of hydrogen-bond acceptors (Lipinski definition) is 2. The Balaban J connectivity index is 1.82. The van der Waals surface area contributed by atoms with Gasteiger partial charge in [-0.2, -0.15) is 0 Å². The van der Waals surface area contributed by atoms with Crippen LogP contribution in [-0.2, 0) is 14.9 Å². The molecule has 3 rings (SSSR count). The van der Waals surface area contributed by atoms with Gasteiger partial charge in [-0.15, -0.1) is 0 Å². The molecule has 0 bridgehead atoms. The van der Waals surface area contributed by atoms with Crippen LogP contribution in [0.1, 0.15) is 31.1 Å².